The van der Waals surface area contributed by atoms with Crippen LogP contribution >= 0.6 is 11.3 Å². The van der Waals surface area contributed by atoms with Crippen LogP contribution in [0.4, 0.5) is 5.00 Å². The number of hydrazone groups is 1. The lowest BCUT2D eigenvalue weighted by atomic mass is 9.96. The maximum Gasteiger partial charge on any atom is 0.329 e. The molecule has 3 aromatic rings. The minimum Gasteiger partial charge on any atom is -0.463 e. The quantitative estimate of drug-likeness (QED) is 0.383. The Morgan fingerprint density at radius 1 is 1.20 bits per heavy atom. The van der Waals surface area contributed by atoms with Gasteiger partial charge in [-0.2, -0.15) is 10.4 Å². The Bertz CT molecular complexity index is 1280. The summed E-state index contributed by atoms with van der Waals surface area (Å²) in [5.41, 5.74) is 3.74. The van der Waals surface area contributed by atoms with Gasteiger partial charge in [-0.25, -0.2) is 5.43 Å². The van der Waals surface area contributed by atoms with Crippen LogP contribution in [0.25, 0.3) is 11.0 Å². The molecule has 1 aliphatic carbocycles. The number of benzene rings is 1. The van der Waals surface area contributed by atoms with E-state index < -0.39 is 11.8 Å². The number of nitriles is 1. The highest BCUT2D eigenvalue weighted by molar-refractivity contribution is 7.16. The van der Waals surface area contributed by atoms with Gasteiger partial charge in [0.05, 0.1) is 22.7 Å². The normalized spacial score (nSPS) is 13.0. The van der Waals surface area contributed by atoms with Crippen LogP contribution in [0, 0.1) is 11.3 Å². The Morgan fingerprint density at radius 3 is 2.83 bits per heavy atom. The van der Waals surface area contributed by atoms with E-state index in [1.54, 1.807) is 24.3 Å². The largest absolute Gasteiger partial charge is 0.463 e. The van der Waals surface area contributed by atoms with Crippen molar-refractivity contribution < 1.29 is 14.0 Å². The third-order valence-corrected chi connectivity index (χ3v) is 6.00. The zero-order chi connectivity index (χ0) is 21.1. The number of nitrogens with one attached hydrogen (secondary N) is 2. The molecule has 9 heteroatoms. The molecule has 0 unspecified atom stereocenters. The fourth-order valence-electron chi connectivity index (χ4n) is 3.33. The van der Waals surface area contributed by atoms with Crippen molar-refractivity contribution in [2.24, 2.45) is 5.10 Å². The first kappa shape index (κ1) is 19.5. The Labute approximate surface area is 174 Å². The third kappa shape index (κ3) is 3.73. The molecule has 2 heterocycles. The number of fused-ring (bicyclic) bond motifs is 2. The number of rotatable bonds is 3. The third-order valence-electron chi connectivity index (χ3n) is 4.79. The van der Waals surface area contributed by atoms with Gasteiger partial charge < -0.3 is 9.73 Å². The summed E-state index contributed by atoms with van der Waals surface area (Å²) in [5, 5.41) is 16.4. The predicted molar refractivity (Wildman–Crippen MR) is 113 cm³/mol. The molecule has 150 valence electrons. The van der Waals surface area contributed by atoms with Crippen molar-refractivity contribution in [3.63, 3.8) is 0 Å². The van der Waals surface area contributed by atoms with Crippen molar-refractivity contribution in [2.75, 3.05) is 5.32 Å². The lowest BCUT2D eigenvalue weighted by Gasteiger charge is -2.09. The maximum absolute atomic E-state index is 12.4. The second kappa shape index (κ2) is 8.31. The van der Waals surface area contributed by atoms with Gasteiger partial charge in [-0.15, -0.1) is 11.3 Å². The van der Waals surface area contributed by atoms with Gasteiger partial charge in [0.1, 0.15) is 22.9 Å². The van der Waals surface area contributed by atoms with E-state index in [0.717, 1.165) is 42.3 Å². The summed E-state index contributed by atoms with van der Waals surface area (Å²) in [6.45, 7) is 0. The van der Waals surface area contributed by atoms with E-state index in [9.17, 15) is 19.6 Å². The predicted octanol–water partition coefficient (Wildman–Crippen LogP) is 2.69. The molecule has 0 aliphatic heterocycles. The standard InChI is InChI=1S/C21H16N4O4S/c22-9-15-13-5-2-4-8-17(13)30-21(15)24-19(27)20(28)25-23-10-12-11-29-16-7-3-1-6-14(16)18(12)26/h1,3,6-7,10-11H,2,4-5,8H2,(H,24,27)(H,25,28)/b23-10-. The summed E-state index contributed by atoms with van der Waals surface area (Å²) in [5.74, 6) is -1.94. The van der Waals surface area contributed by atoms with E-state index in [4.69, 9.17) is 4.42 Å². The minimum absolute atomic E-state index is 0.132. The zero-order valence-electron chi connectivity index (χ0n) is 15.7. The molecule has 8 nitrogen and oxygen atoms in total. The number of carbonyl (C=O) groups excluding carboxylic acids is 2. The molecule has 0 atom stereocenters. The first-order valence-corrected chi connectivity index (χ1v) is 10.1. The van der Waals surface area contributed by atoms with Crippen LogP contribution in [-0.4, -0.2) is 18.0 Å². The van der Waals surface area contributed by atoms with E-state index in [-0.39, 0.29) is 11.0 Å². The lowest BCUT2D eigenvalue weighted by molar-refractivity contribution is -0.136. The second-order valence-electron chi connectivity index (χ2n) is 6.70. The number of hydrogen-bond acceptors (Lipinski definition) is 7. The van der Waals surface area contributed by atoms with Crippen LogP contribution < -0.4 is 16.2 Å². The number of amides is 2. The van der Waals surface area contributed by atoms with E-state index >= 15 is 0 Å². The molecule has 2 amide bonds. The summed E-state index contributed by atoms with van der Waals surface area (Å²) in [4.78, 5) is 37.7. The number of anilines is 1. The number of carbonyl (C=O) groups is 2. The van der Waals surface area contributed by atoms with E-state index in [1.807, 2.05) is 0 Å². The molecular formula is C21H16N4O4S. The average molecular weight is 420 g/mol. The Hall–Kier alpha value is -3.77. The second-order valence-corrected chi connectivity index (χ2v) is 7.80. The van der Waals surface area contributed by atoms with Gasteiger partial charge in [0.2, 0.25) is 5.43 Å². The van der Waals surface area contributed by atoms with E-state index in [2.05, 4.69) is 21.9 Å². The summed E-state index contributed by atoms with van der Waals surface area (Å²) in [6.07, 6.45) is 6.07. The lowest BCUT2D eigenvalue weighted by Crippen LogP contribution is -2.32. The van der Waals surface area contributed by atoms with E-state index in [1.165, 1.54) is 17.6 Å². The van der Waals surface area contributed by atoms with Crippen molar-refractivity contribution in [1.82, 2.24) is 5.43 Å². The molecule has 2 N–H and O–H groups in total. The summed E-state index contributed by atoms with van der Waals surface area (Å²) in [7, 11) is 0. The first-order valence-electron chi connectivity index (χ1n) is 9.28. The Kier molecular flexibility index (Phi) is 5.41. The molecule has 0 bridgehead atoms. The molecule has 0 radical (unpaired) electrons. The van der Waals surface area contributed by atoms with Crippen LogP contribution in [0.5, 0.6) is 0 Å². The molecule has 0 saturated heterocycles. The van der Waals surface area contributed by atoms with Crippen LogP contribution in [0.15, 0.2) is 44.8 Å². The van der Waals surface area contributed by atoms with Crippen LogP contribution in [0.2, 0.25) is 0 Å². The number of nitrogens with zero attached hydrogens (tertiary/aromatic N) is 2. The van der Waals surface area contributed by atoms with Gasteiger partial charge in [-0.3, -0.25) is 14.4 Å². The Balaban J connectivity index is 1.44. The maximum atomic E-state index is 12.4. The molecule has 0 fully saturated rings. The van der Waals surface area contributed by atoms with Gasteiger partial charge in [0, 0.05) is 4.88 Å². The summed E-state index contributed by atoms with van der Waals surface area (Å²) < 4.78 is 5.36. The number of para-hydroxylation sites is 1. The van der Waals surface area contributed by atoms with Gasteiger partial charge in [-0.1, -0.05) is 12.1 Å². The summed E-state index contributed by atoms with van der Waals surface area (Å²) >= 11 is 1.33. The molecule has 1 aliphatic rings. The van der Waals surface area contributed by atoms with Crippen LogP contribution in [0.3, 0.4) is 0 Å². The molecular weight excluding hydrogens is 404 g/mol. The fourth-order valence-corrected chi connectivity index (χ4v) is 4.56. The van der Waals surface area contributed by atoms with Crippen molar-refractivity contribution in [1.29, 1.82) is 5.26 Å². The molecule has 0 spiro atoms. The monoisotopic (exact) mass is 420 g/mol. The number of aryl methyl sites for hydroxylation is 1. The van der Waals surface area contributed by atoms with Crippen LogP contribution in [-0.2, 0) is 22.4 Å². The highest BCUT2D eigenvalue weighted by atomic mass is 32.1. The van der Waals surface area contributed by atoms with Crippen molar-refractivity contribution >= 4 is 45.3 Å². The molecule has 2 aromatic heterocycles. The van der Waals surface area contributed by atoms with Gasteiger partial charge in [0.25, 0.3) is 0 Å². The van der Waals surface area contributed by atoms with Crippen molar-refractivity contribution in [3.05, 3.63) is 62.3 Å². The highest BCUT2D eigenvalue weighted by Gasteiger charge is 2.23. The number of thiophene rings is 1. The van der Waals surface area contributed by atoms with E-state index in [0.29, 0.717) is 21.5 Å². The highest BCUT2D eigenvalue weighted by Crippen LogP contribution is 2.37. The zero-order valence-corrected chi connectivity index (χ0v) is 16.5. The Morgan fingerprint density at radius 2 is 2.00 bits per heavy atom. The first-order chi connectivity index (χ1) is 14.6. The molecule has 4 rings (SSSR count). The fraction of sp³-hybridized carbons (Fsp3) is 0.190. The SMILES string of the molecule is N#Cc1c(NC(=O)C(=O)N/N=C\c2coc3ccccc3c2=O)sc2c1CCCC2. The molecule has 1 aromatic carbocycles. The van der Waals surface area contributed by atoms with Gasteiger partial charge >= 0.3 is 11.8 Å². The van der Waals surface area contributed by atoms with Crippen LogP contribution in [0.1, 0.15) is 34.4 Å². The average Bonchev–Trinajstić information content (AvgIpc) is 3.12. The van der Waals surface area contributed by atoms with Gasteiger partial charge in [-0.05, 0) is 43.4 Å². The minimum atomic E-state index is -1.01. The number of hydrogen-bond donors (Lipinski definition) is 2. The molecule has 0 saturated carbocycles. The van der Waals surface area contributed by atoms with Crippen molar-refractivity contribution in [3.8, 4) is 6.07 Å². The smallest absolute Gasteiger partial charge is 0.329 e. The molecule has 30 heavy (non-hydrogen) atoms. The topological polar surface area (TPSA) is 125 Å². The van der Waals surface area contributed by atoms with Crippen molar-refractivity contribution in [2.45, 2.75) is 25.7 Å². The van der Waals surface area contributed by atoms with Gasteiger partial charge in [0.15, 0.2) is 0 Å². The summed E-state index contributed by atoms with van der Waals surface area (Å²) in [6, 6.07) is 8.88.